The van der Waals surface area contributed by atoms with Crippen LogP contribution in [0.25, 0.3) is 11.1 Å². The highest BCUT2D eigenvalue weighted by atomic mass is 19.4. The molecular weight excluding hydrogens is 422 g/mol. The molecule has 2 amide bonds. The molecule has 7 nitrogen and oxygen atoms in total. The molecule has 0 fully saturated rings. The van der Waals surface area contributed by atoms with Gasteiger partial charge in [-0.2, -0.15) is 13.2 Å². The number of fused-ring (bicyclic) bond motifs is 1. The van der Waals surface area contributed by atoms with Gasteiger partial charge in [-0.05, 0) is 42.0 Å². The summed E-state index contributed by atoms with van der Waals surface area (Å²) in [5, 5.41) is 7.89. The van der Waals surface area contributed by atoms with Gasteiger partial charge in [0.25, 0.3) is 11.5 Å². The number of halogens is 4. The number of cyclic esters (lactones) is 1. The van der Waals surface area contributed by atoms with E-state index in [1.54, 1.807) is 0 Å². The van der Waals surface area contributed by atoms with Crippen LogP contribution in [0.5, 0.6) is 0 Å². The Labute approximate surface area is 172 Å². The third-order valence-electron chi connectivity index (χ3n) is 4.79. The third-order valence-corrected chi connectivity index (χ3v) is 4.79. The Morgan fingerprint density at radius 3 is 2.52 bits per heavy atom. The van der Waals surface area contributed by atoms with Gasteiger partial charge < -0.3 is 14.6 Å². The van der Waals surface area contributed by atoms with Gasteiger partial charge in [-0.3, -0.25) is 10.1 Å². The van der Waals surface area contributed by atoms with Gasteiger partial charge in [0.05, 0.1) is 18.4 Å². The lowest BCUT2D eigenvalue weighted by Gasteiger charge is -2.39. The van der Waals surface area contributed by atoms with Gasteiger partial charge in [-0.1, -0.05) is 11.2 Å². The van der Waals surface area contributed by atoms with Gasteiger partial charge >= 0.3 is 12.3 Å². The number of hydrogen-bond acceptors (Lipinski definition) is 5. The van der Waals surface area contributed by atoms with Crippen LogP contribution in [0.1, 0.15) is 15.9 Å². The van der Waals surface area contributed by atoms with E-state index in [4.69, 9.17) is 9.26 Å². The van der Waals surface area contributed by atoms with Crippen LogP contribution in [0.2, 0.25) is 0 Å². The van der Waals surface area contributed by atoms with Crippen molar-refractivity contribution >= 4 is 17.7 Å². The Morgan fingerprint density at radius 2 is 1.87 bits per heavy atom. The molecule has 3 aromatic rings. The first-order valence-corrected chi connectivity index (χ1v) is 8.84. The van der Waals surface area contributed by atoms with Crippen LogP contribution in [-0.4, -0.2) is 29.9 Å². The summed E-state index contributed by atoms with van der Waals surface area (Å²) in [6.07, 6.45) is -3.84. The van der Waals surface area contributed by atoms with E-state index in [2.05, 4.69) is 15.8 Å². The van der Waals surface area contributed by atoms with E-state index >= 15 is 0 Å². The first-order chi connectivity index (χ1) is 14.7. The topological polar surface area (TPSA) is 93.5 Å². The molecule has 1 aliphatic rings. The zero-order valence-electron chi connectivity index (χ0n) is 15.5. The van der Waals surface area contributed by atoms with Crippen LogP contribution in [0, 0.1) is 5.82 Å². The summed E-state index contributed by atoms with van der Waals surface area (Å²) in [5.74, 6) is -1.50. The second-order valence-corrected chi connectivity index (χ2v) is 6.70. The molecule has 1 aliphatic heterocycles. The van der Waals surface area contributed by atoms with Crippen molar-refractivity contribution in [2.24, 2.45) is 0 Å². The molecule has 0 saturated heterocycles. The van der Waals surface area contributed by atoms with Crippen LogP contribution >= 0.6 is 0 Å². The summed E-state index contributed by atoms with van der Waals surface area (Å²) < 4.78 is 65.4. The maximum Gasteiger partial charge on any atom is 0.434 e. The number of hydrogen-bond donors (Lipinski definition) is 2. The lowest BCUT2D eigenvalue weighted by atomic mass is 9.87. The highest BCUT2D eigenvalue weighted by Crippen LogP contribution is 2.48. The first kappa shape index (κ1) is 20.4. The minimum Gasteiger partial charge on any atom is -0.426 e. The number of amides is 2. The van der Waals surface area contributed by atoms with E-state index in [1.807, 2.05) is 0 Å². The summed E-state index contributed by atoms with van der Waals surface area (Å²) in [4.78, 5) is 24.3. The van der Waals surface area contributed by atoms with E-state index in [0.717, 1.165) is 24.3 Å². The number of benzene rings is 2. The molecule has 160 valence electrons. The summed E-state index contributed by atoms with van der Waals surface area (Å²) in [5.41, 5.74) is -3.00. The number of rotatable bonds is 4. The van der Waals surface area contributed by atoms with Crippen LogP contribution < -0.4 is 10.6 Å². The molecule has 2 N–H and O–H groups in total. The van der Waals surface area contributed by atoms with Gasteiger partial charge in [-0.25, -0.2) is 9.18 Å². The van der Waals surface area contributed by atoms with Gasteiger partial charge in [0, 0.05) is 16.7 Å². The van der Waals surface area contributed by atoms with Crippen molar-refractivity contribution in [3.63, 3.8) is 0 Å². The Kier molecular flexibility index (Phi) is 4.88. The Bertz CT molecular complexity index is 1130. The second kappa shape index (κ2) is 7.42. The number of nitrogens with zero attached hydrogens (tertiary/aromatic N) is 1. The van der Waals surface area contributed by atoms with Crippen molar-refractivity contribution in [3.05, 3.63) is 71.9 Å². The number of carbonyl (C=O) groups excluding carboxylic acids is 2. The number of carbonyl (C=O) groups is 2. The smallest absolute Gasteiger partial charge is 0.426 e. The maximum atomic E-state index is 14.3. The fraction of sp³-hybridized carbons (Fsp3) is 0.150. The average molecular weight is 435 g/mol. The molecular formula is C20H13F4N3O4. The molecule has 4 rings (SSSR count). The molecule has 0 spiro atoms. The molecule has 31 heavy (non-hydrogen) atoms. The molecule has 2 heterocycles. The highest BCUT2D eigenvalue weighted by molar-refractivity contribution is 5.94. The predicted octanol–water partition coefficient (Wildman–Crippen LogP) is 4.23. The standard InChI is InChI=1S/C20H13F4N3O4/c21-14-4-1-11(2-5-14)17(28)25-10-19(20(22,23)24)15-7-12(13-8-26-30-9-13)3-6-16(15)27-18(29)31-19/h1-9H,10H2,(H,25,28)(H,27,29). The third kappa shape index (κ3) is 3.69. The SMILES string of the molecule is O=C1Nc2ccc(-c3cnoc3)cc2C(CNC(=O)c2ccc(F)cc2)(C(F)(F)F)O1. The molecule has 0 saturated carbocycles. The summed E-state index contributed by atoms with van der Waals surface area (Å²) in [7, 11) is 0. The number of alkyl halides is 3. The van der Waals surface area contributed by atoms with Gasteiger partial charge in [0.2, 0.25) is 0 Å². The van der Waals surface area contributed by atoms with Crippen molar-refractivity contribution in [1.82, 2.24) is 10.5 Å². The molecule has 1 unspecified atom stereocenters. The first-order valence-electron chi connectivity index (χ1n) is 8.84. The quantitative estimate of drug-likeness (QED) is 0.599. The highest BCUT2D eigenvalue weighted by Gasteiger charge is 2.62. The molecule has 11 heteroatoms. The average Bonchev–Trinajstić information content (AvgIpc) is 3.26. The molecule has 0 bridgehead atoms. The van der Waals surface area contributed by atoms with E-state index in [0.29, 0.717) is 11.1 Å². The Balaban J connectivity index is 1.74. The molecule has 0 aliphatic carbocycles. The van der Waals surface area contributed by atoms with Crippen molar-refractivity contribution in [2.45, 2.75) is 11.8 Å². The number of anilines is 1. The minimum absolute atomic E-state index is 0.0579. The Hall–Kier alpha value is -3.89. The monoisotopic (exact) mass is 435 g/mol. The molecule has 2 aromatic carbocycles. The summed E-state index contributed by atoms with van der Waals surface area (Å²) >= 11 is 0. The lowest BCUT2D eigenvalue weighted by molar-refractivity contribution is -0.261. The van der Waals surface area contributed by atoms with E-state index in [9.17, 15) is 27.2 Å². The predicted molar refractivity (Wildman–Crippen MR) is 98.5 cm³/mol. The molecule has 0 radical (unpaired) electrons. The fourth-order valence-corrected chi connectivity index (χ4v) is 3.21. The van der Waals surface area contributed by atoms with Crippen molar-refractivity contribution in [2.75, 3.05) is 11.9 Å². The Morgan fingerprint density at radius 1 is 1.13 bits per heavy atom. The molecule has 1 atom stereocenters. The van der Waals surface area contributed by atoms with Crippen LogP contribution in [0.3, 0.4) is 0 Å². The normalized spacial score (nSPS) is 18.0. The fourth-order valence-electron chi connectivity index (χ4n) is 3.21. The lowest BCUT2D eigenvalue weighted by Crippen LogP contribution is -2.56. The molecule has 1 aromatic heterocycles. The van der Waals surface area contributed by atoms with E-state index < -0.39 is 41.7 Å². The van der Waals surface area contributed by atoms with Gasteiger partial charge in [-0.15, -0.1) is 0 Å². The van der Waals surface area contributed by atoms with Crippen molar-refractivity contribution < 1.29 is 36.4 Å². The van der Waals surface area contributed by atoms with Crippen LogP contribution in [0.15, 0.2) is 59.4 Å². The number of ether oxygens (including phenoxy) is 1. The van der Waals surface area contributed by atoms with Crippen molar-refractivity contribution in [3.8, 4) is 11.1 Å². The minimum atomic E-state index is -5.08. The zero-order chi connectivity index (χ0) is 22.2. The summed E-state index contributed by atoms with van der Waals surface area (Å²) in [6.45, 7) is -1.10. The van der Waals surface area contributed by atoms with E-state index in [-0.39, 0.29) is 11.3 Å². The number of aromatic nitrogens is 1. The zero-order valence-corrected chi connectivity index (χ0v) is 15.5. The van der Waals surface area contributed by atoms with Crippen molar-refractivity contribution in [1.29, 1.82) is 0 Å². The maximum absolute atomic E-state index is 14.3. The summed E-state index contributed by atoms with van der Waals surface area (Å²) in [6, 6.07) is 8.20. The van der Waals surface area contributed by atoms with Gasteiger partial charge in [0.1, 0.15) is 12.1 Å². The van der Waals surface area contributed by atoms with Gasteiger partial charge in [0.15, 0.2) is 0 Å². The van der Waals surface area contributed by atoms with E-state index in [1.165, 1.54) is 30.7 Å². The second-order valence-electron chi connectivity index (χ2n) is 6.70. The largest absolute Gasteiger partial charge is 0.434 e. The van der Waals surface area contributed by atoms with Crippen LogP contribution in [0.4, 0.5) is 28.0 Å². The number of nitrogens with one attached hydrogen (secondary N) is 2. The van der Waals surface area contributed by atoms with Crippen LogP contribution in [-0.2, 0) is 10.3 Å².